The van der Waals surface area contributed by atoms with Gasteiger partial charge in [0.15, 0.2) is 11.4 Å². The smallest absolute Gasteiger partial charge is 0.276 e. The number of carbonyl (C=O) groups is 1. The molecule has 2 atom stereocenters. The Labute approximate surface area is 181 Å². The van der Waals surface area contributed by atoms with Gasteiger partial charge in [-0.3, -0.25) is 4.79 Å². The molecule has 3 rings (SSSR count). The predicted molar refractivity (Wildman–Crippen MR) is 114 cm³/mol. The molecule has 0 unspecified atom stereocenters. The number of hydrogen-bond acceptors (Lipinski definition) is 6. The van der Waals surface area contributed by atoms with Gasteiger partial charge in [-0.15, -0.1) is 6.58 Å². The number of ether oxygens (including phenoxy) is 1. The average molecular weight is 445 g/mol. The lowest BCUT2D eigenvalue weighted by atomic mass is 9.94. The van der Waals surface area contributed by atoms with Crippen LogP contribution in [0.2, 0.25) is 0 Å². The lowest BCUT2D eigenvalue weighted by molar-refractivity contribution is 0.0542. The molecular weight excluding hydrogens is 420 g/mol. The number of aromatic nitrogens is 1. The summed E-state index contributed by atoms with van der Waals surface area (Å²) in [5, 5.41) is 22.3. The third-order valence-electron chi connectivity index (χ3n) is 5.23. The van der Waals surface area contributed by atoms with E-state index in [9.17, 15) is 23.6 Å². The fraction of sp³-hybridized carbons (Fsp3) is 0.333. The quantitative estimate of drug-likeness (QED) is 0.603. The van der Waals surface area contributed by atoms with Crippen molar-refractivity contribution in [3.8, 4) is 11.8 Å². The van der Waals surface area contributed by atoms with Crippen LogP contribution in [0, 0.1) is 18.3 Å². The van der Waals surface area contributed by atoms with Gasteiger partial charge in [0.25, 0.3) is 5.91 Å². The molecule has 0 spiro atoms. The van der Waals surface area contributed by atoms with Gasteiger partial charge in [0.2, 0.25) is 10.0 Å². The van der Waals surface area contributed by atoms with Crippen LogP contribution in [0.3, 0.4) is 0 Å². The first-order chi connectivity index (χ1) is 14.5. The maximum Gasteiger partial charge on any atom is 0.276 e. The minimum Gasteiger partial charge on any atom is -0.488 e. The van der Waals surface area contributed by atoms with Crippen LogP contribution in [0.1, 0.15) is 35.0 Å². The molecule has 0 aliphatic carbocycles. The minimum absolute atomic E-state index is 0.00178. The number of aliphatic hydroxyl groups excluding tert-OH is 1. The maximum atomic E-state index is 13.0. The zero-order chi connectivity index (χ0) is 23.0. The highest BCUT2D eigenvalue weighted by Crippen LogP contribution is 2.35. The van der Waals surface area contributed by atoms with Gasteiger partial charge in [-0.05, 0) is 38.0 Å². The average Bonchev–Trinajstić information content (AvgIpc) is 3.00. The van der Waals surface area contributed by atoms with Crippen molar-refractivity contribution in [2.75, 3.05) is 11.9 Å². The molecule has 1 amide bonds. The molecule has 1 aliphatic heterocycles. The molecule has 0 radical (unpaired) electrons. The molecule has 3 N–H and O–H groups in total. The van der Waals surface area contributed by atoms with Crippen molar-refractivity contribution in [1.82, 2.24) is 9.29 Å². The van der Waals surface area contributed by atoms with Crippen LogP contribution >= 0.6 is 0 Å². The van der Waals surface area contributed by atoms with Gasteiger partial charge in [-0.25, -0.2) is 8.42 Å². The summed E-state index contributed by atoms with van der Waals surface area (Å²) < 4.78 is 35.6. The molecule has 2 heterocycles. The van der Waals surface area contributed by atoms with Gasteiger partial charge in [-0.1, -0.05) is 12.1 Å². The van der Waals surface area contributed by atoms with Crippen molar-refractivity contribution >= 4 is 21.6 Å². The van der Waals surface area contributed by atoms with Crippen LogP contribution in [-0.2, 0) is 17.1 Å². The van der Waals surface area contributed by atoms with Gasteiger partial charge in [0.1, 0.15) is 11.5 Å². The summed E-state index contributed by atoms with van der Waals surface area (Å²) in [4.78, 5) is 12.8. The first-order valence-corrected chi connectivity index (χ1v) is 11.0. The van der Waals surface area contributed by atoms with Crippen LogP contribution in [0.4, 0.5) is 5.69 Å². The molecular formula is C21H24N4O5S. The molecule has 2 aromatic rings. The Morgan fingerprint density at radius 3 is 2.90 bits per heavy atom. The Balaban J connectivity index is 1.98. The summed E-state index contributed by atoms with van der Waals surface area (Å²) in [7, 11) is -2.56. The first-order valence-electron chi connectivity index (χ1n) is 9.49. The summed E-state index contributed by atoms with van der Waals surface area (Å²) in [5.41, 5.74) is 0.263. The zero-order valence-electron chi connectivity index (χ0n) is 17.5. The second-order valence-electron chi connectivity index (χ2n) is 7.73. The van der Waals surface area contributed by atoms with Crippen molar-refractivity contribution in [1.29, 1.82) is 5.26 Å². The standard InChI is InChI=1S/C21H24N4O5S/c1-5-6-17(26)21(3)12-30-19-16(31(28,29)24-21)11-25(4)18(19)20(27)23-15-8-7-13(2)14(9-15)10-22/h5,7-9,11,17,24,26H,1,6,12H2,2-4H3,(H,23,27)/t17-,21+/m1/s1. The highest BCUT2D eigenvalue weighted by Gasteiger charge is 2.43. The second kappa shape index (κ2) is 8.19. The highest BCUT2D eigenvalue weighted by molar-refractivity contribution is 7.89. The van der Waals surface area contributed by atoms with E-state index in [-0.39, 0.29) is 29.4 Å². The van der Waals surface area contributed by atoms with Crippen molar-refractivity contribution in [3.05, 3.63) is 53.9 Å². The van der Waals surface area contributed by atoms with E-state index < -0.39 is 27.6 Å². The number of aliphatic hydroxyl groups is 1. The van der Waals surface area contributed by atoms with E-state index >= 15 is 0 Å². The van der Waals surface area contributed by atoms with Crippen LogP contribution in [-0.4, -0.2) is 42.2 Å². The normalized spacial score (nSPS) is 20.5. The Kier molecular flexibility index (Phi) is 5.96. The molecule has 10 heteroatoms. The fourth-order valence-electron chi connectivity index (χ4n) is 3.38. The summed E-state index contributed by atoms with van der Waals surface area (Å²) in [6, 6.07) is 6.95. The van der Waals surface area contributed by atoms with E-state index in [1.807, 2.05) is 0 Å². The number of nitriles is 1. The Morgan fingerprint density at radius 1 is 1.55 bits per heavy atom. The minimum atomic E-state index is -4.09. The Morgan fingerprint density at radius 2 is 2.26 bits per heavy atom. The number of nitrogens with one attached hydrogen (secondary N) is 2. The Bertz CT molecular complexity index is 1200. The van der Waals surface area contributed by atoms with E-state index in [4.69, 9.17) is 4.74 Å². The van der Waals surface area contributed by atoms with Crippen molar-refractivity contribution in [3.63, 3.8) is 0 Å². The van der Waals surface area contributed by atoms with Gasteiger partial charge in [-0.2, -0.15) is 9.98 Å². The molecule has 0 fully saturated rings. The van der Waals surface area contributed by atoms with E-state index in [0.717, 1.165) is 5.56 Å². The number of nitrogens with zero attached hydrogens (tertiary/aromatic N) is 2. The number of sulfonamides is 1. The molecule has 0 saturated carbocycles. The lowest BCUT2D eigenvalue weighted by Crippen LogP contribution is -2.56. The highest BCUT2D eigenvalue weighted by atomic mass is 32.2. The van der Waals surface area contributed by atoms with Gasteiger partial charge >= 0.3 is 0 Å². The number of carbonyl (C=O) groups excluding carboxylic acids is 1. The summed E-state index contributed by atoms with van der Waals surface area (Å²) in [6.45, 7) is 6.69. The monoisotopic (exact) mass is 444 g/mol. The van der Waals surface area contributed by atoms with Crippen LogP contribution in [0.25, 0.3) is 0 Å². The molecule has 31 heavy (non-hydrogen) atoms. The molecule has 164 valence electrons. The Hall–Kier alpha value is -3.13. The SMILES string of the molecule is C=CC[C@@H](O)[C@]1(C)COc2c(cn(C)c2C(=O)Nc2ccc(C)c(C#N)c2)S(=O)(=O)N1. The van der Waals surface area contributed by atoms with E-state index in [1.54, 1.807) is 19.1 Å². The van der Waals surface area contributed by atoms with Crippen molar-refractivity contribution < 1.29 is 23.1 Å². The van der Waals surface area contributed by atoms with Crippen LogP contribution < -0.4 is 14.8 Å². The molecule has 0 bridgehead atoms. The number of rotatable bonds is 5. The lowest BCUT2D eigenvalue weighted by Gasteiger charge is -2.32. The van der Waals surface area contributed by atoms with Crippen LogP contribution in [0.5, 0.6) is 5.75 Å². The van der Waals surface area contributed by atoms with Gasteiger partial charge in [0.05, 0.1) is 23.3 Å². The third-order valence-corrected chi connectivity index (χ3v) is 6.84. The number of hydrogen-bond donors (Lipinski definition) is 3. The van der Waals surface area contributed by atoms with E-state index in [0.29, 0.717) is 11.3 Å². The van der Waals surface area contributed by atoms with Gasteiger partial charge < -0.3 is 19.7 Å². The topological polar surface area (TPSA) is 133 Å². The van der Waals surface area contributed by atoms with E-state index in [2.05, 4.69) is 22.7 Å². The molecule has 1 aromatic heterocycles. The molecule has 1 aliphatic rings. The zero-order valence-corrected chi connectivity index (χ0v) is 18.3. The number of fused-ring (bicyclic) bond motifs is 1. The molecule has 1 aromatic carbocycles. The third kappa shape index (κ3) is 4.20. The number of anilines is 1. The van der Waals surface area contributed by atoms with Crippen molar-refractivity contribution in [2.45, 2.75) is 36.8 Å². The van der Waals surface area contributed by atoms with Gasteiger partial charge in [0, 0.05) is 18.9 Å². The maximum absolute atomic E-state index is 13.0. The van der Waals surface area contributed by atoms with E-state index in [1.165, 1.54) is 36.9 Å². The predicted octanol–water partition coefficient (Wildman–Crippen LogP) is 1.82. The number of amides is 1. The fourth-order valence-corrected chi connectivity index (χ4v) is 4.99. The van der Waals surface area contributed by atoms with Crippen LogP contribution in [0.15, 0.2) is 41.9 Å². The summed E-state index contributed by atoms with van der Waals surface area (Å²) >= 11 is 0. The summed E-state index contributed by atoms with van der Waals surface area (Å²) in [5.74, 6) is -0.698. The molecule has 9 nitrogen and oxygen atoms in total. The second-order valence-corrected chi connectivity index (χ2v) is 9.38. The number of aryl methyl sites for hydroxylation is 2. The summed E-state index contributed by atoms with van der Waals surface area (Å²) in [6.07, 6.45) is 1.85. The largest absolute Gasteiger partial charge is 0.488 e. The first kappa shape index (κ1) is 22.6. The van der Waals surface area contributed by atoms with Crippen molar-refractivity contribution in [2.24, 2.45) is 7.05 Å². The number of benzene rings is 1. The molecule has 0 saturated heterocycles.